The standard InChI is InChI=1S/C65H45NO/c1-63(2)53-31-12-9-26-47(53)49-39-38-46(41-58(49)63)66(59-36-19-30-52-50-28-11-16-37-60(50)67-62(52)59)45-25-17-24-44(40-45)64(42-20-5-3-6-21-42)55-33-14-15-34-56(55)65(43-22-7-4-8-23-43)54-32-13-10-27-48(54)51-29-18-35-57(64)61(51)65/h3-41H,1-2H3. The predicted molar refractivity (Wildman–Crippen MR) is 275 cm³/mol. The third-order valence-electron chi connectivity index (χ3n) is 15.6. The first-order valence-corrected chi connectivity index (χ1v) is 23.5. The molecule has 14 rings (SSSR count). The van der Waals surface area contributed by atoms with Crippen LogP contribution in [-0.4, -0.2) is 0 Å². The second-order valence-electron chi connectivity index (χ2n) is 19.1. The molecule has 2 heteroatoms. The molecular weight excluding hydrogens is 811 g/mol. The number of benzene rings is 10. The van der Waals surface area contributed by atoms with E-state index in [2.05, 4.69) is 255 Å². The first-order valence-electron chi connectivity index (χ1n) is 23.5. The average molecular weight is 856 g/mol. The maximum absolute atomic E-state index is 6.89. The minimum Gasteiger partial charge on any atom is -0.454 e. The van der Waals surface area contributed by atoms with Crippen molar-refractivity contribution in [2.75, 3.05) is 4.90 Å². The smallest absolute Gasteiger partial charge is 0.159 e. The van der Waals surface area contributed by atoms with Crippen LogP contribution in [0, 0.1) is 0 Å². The normalized spacial score (nSPS) is 17.9. The zero-order valence-corrected chi connectivity index (χ0v) is 37.4. The van der Waals surface area contributed by atoms with E-state index in [0.717, 1.165) is 39.0 Å². The number of rotatable bonds is 6. The largest absolute Gasteiger partial charge is 0.454 e. The Morgan fingerprint density at radius 1 is 0.343 bits per heavy atom. The molecule has 0 bridgehead atoms. The molecule has 0 N–H and O–H groups in total. The van der Waals surface area contributed by atoms with Crippen molar-refractivity contribution in [3.63, 3.8) is 0 Å². The van der Waals surface area contributed by atoms with E-state index in [9.17, 15) is 0 Å². The van der Waals surface area contributed by atoms with Crippen LogP contribution in [0.2, 0.25) is 0 Å². The Hall–Kier alpha value is -8.20. The van der Waals surface area contributed by atoms with Gasteiger partial charge in [-0.15, -0.1) is 0 Å². The molecule has 10 aromatic carbocycles. The van der Waals surface area contributed by atoms with E-state index < -0.39 is 10.8 Å². The predicted octanol–water partition coefficient (Wildman–Crippen LogP) is 16.4. The van der Waals surface area contributed by atoms with E-state index in [4.69, 9.17) is 4.42 Å². The summed E-state index contributed by atoms with van der Waals surface area (Å²) in [6.45, 7) is 4.73. The Morgan fingerprint density at radius 2 is 0.866 bits per heavy atom. The zero-order chi connectivity index (χ0) is 44.5. The molecule has 2 atom stereocenters. The van der Waals surface area contributed by atoms with Crippen LogP contribution >= 0.6 is 0 Å². The molecule has 0 saturated heterocycles. The summed E-state index contributed by atoms with van der Waals surface area (Å²) in [5.74, 6) is 0. The molecule has 0 fully saturated rings. The van der Waals surface area contributed by atoms with Gasteiger partial charge in [-0.2, -0.15) is 0 Å². The van der Waals surface area contributed by atoms with Crippen LogP contribution in [0.25, 0.3) is 44.2 Å². The SMILES string of the molecule is CC1(C)c2ccccc2-c2ccc(N(c3cccc(C4(c5ccccc5)c5ccccc5C5(c6ccccc6)c6ccccc6-c6cccc4c65)c3)c3cccc4c3oc3ccccc34)cc21. The summed E-state index contributed by atoms with van der Waals surface area (Å²) < 4.78 is 6.89. The Morgan fingerprint density at radius 3 is 1.64 bits per heavy atom. The fourth-order valence-electron chi connectivity index (χ4n) is 12.9. The van der Waals surface area contributed by atoms with Gasteiger partial charge in [-0.1, -0.05) is 214 Å². The topological polar surface area (TPSA) is 16.4 Å². The van der Waals surface area contributed by atoms with Gasteiger partial charge in [-0.05, 0) is 114 Å². The second kappa shape index (κ2) is 13.9. The minimum absolute atomic E-state index is 0.180. The van der Waals surface area contributed by atoms with Crippen LogP contribution < -0.4 is 4.90 Å². The zero-order valence-electron chi connectivity index (χ0n) is 37.4. The van der Waals surface area contributed by atoms with Crippen molar-refractivity contribution in [1.29, 1.82) is 0 Å². The van der Waals surface area contributed by atoms with Crippen molar-refractivity contribution in [3.8, 4) is 22.3 Å². The van der Waals surface area contributed by atoms with E-state index >= 15 is 0 Å². The van der Waals surface area contributed by atoms with E-state index in [0.29, 0.717) is 0 Å². The molecule has 67 heavy (non-hydrogen) atoms. The number of hydrogen-bond donors (Lipinski definition) is 0. The number of furan rings is 1. The van der Waals surface area contributed by atoms with Gasteiger partial charge >= 0.3 is 0 Å². The number of nitrogens with zero attached hydrogens (tertiary/aromatic N) is 1. The summed E-state index contributed by atoms with van der Waals surface area (Å²) in [5, 5.41) is 2.21. The molecule has 2 nitrogen and oxygen atoms in total. The second-order valence-corrected chi connectivity index (χ2v) is 19.1. The van der Waals surface area contributed by atoms with Gasteiger partial charge in [0.05, 0.1) is 16.5 Å². The van der Waals surface area contributed by atoms with Gasteiger partial charge < -0.3 is 9.32 Å². The van der Waals surface area contributed by atoms with Crippen molar-refractivity contribution in [2.24, 2.45) is 0 Å². The van der Waals surface area contributed by atoms with Gasteiger partial charge in [-0.3, -0.25) is 0 Å². The number of hydrogen-bond acceptors (Lipinski definition) is 2. The molecule has 0 saturated carbocycles. The molecule has 0 radical (unpaired) electrons. The number of para-hydroxylation sites is 2. The van der Waals surface area contributed by atoms with Crippen molar-refractivity contribution < 1.29 is 4.42 Å². The Labute approximate surface area is 391 Å². The summed E-state index contributed by atoms with van der Waals surface area (Å²) in [6, 6.07) is 88.3. The summed E-state index contributed by atoms with van der Waals surface area (Å²) >= 11 is 0. The van der Waals surface area contributed by atoms with E-state index in [1.807, 2.05) is 0 Å². The Bertz CT molecular complexity index is 3800. The lowest BCUT2D eigenvalue weighted by Gasteiger charge is -2.49. The molecule has 3 aliphatic carbocycles. The van der Waals surface area contributed by atoms with Crippen LogP contribution in [0.15, 0.2) is 241 Å². The first-order chi connectivity index (χ1) is 33.0. The highest BCUT2D eigenvalue weighted by molar-refractivity contribution is 6.10. The highest BCUT2D eigenvalue weighted by Crippen LogP contribution is 2.66. The maximum atomic E-state index is 6.89. The summed E-state index contributed by atoms with van der Waals surface area (Å²) in [5.41, 5.74) is 21.7. The van der Waals surface area contributed by atoms with Crippen LogP contribution in [0.3, 0.4) is 0 Å². The molecule has 1 heterocycles. The molecule has 3 aliphatic rings. The fraction of sp³-hybridized carbons (Fsp3) is 0.0769. The van der Waals surface area contributed by atoms with Gasteiger partial charge in [0.25, 0.3) is 0 Å². The third kappa shape index (κ3) is 4.94. The highest BCUT2D eigenvalue weighted by atomic mass is 16.3. The first kappa shape index (κ1) is 38.1. The van der Waals surface area contributed by atoms with Crippen molar-refractivity contribution >= 4 is 39.0 Å². The fourth-order valence-corrected chi connectivity index (χ4v) is 12.9. The monoisotopic (exact) mass is 855 g/mol. The van der Waals surface area contributed by atoms with Crippen molar-refractivity contribution in [2.45, 2.75) is 30.1 Å². The van der Waals surface area contributed by atoms with Gasteiger partial charge in [0.1, 0.15) is 5.58 Å². The third-order valence-corrected chi connectivity index (χ3v) is 15.6. The molecule has 11 aromatic rings. The van der Waals surface area contributed by atoms with E-state index in [-0.39, 0.29) is 5.41 Å². The Kier molecular flexibility index (Phi) is 7.91. The van der Waals surface area contributed by atoms with E-state index in [1.165, 1.54) is 77.9 Å². The lowest BCUT2D eigenvalue weighted by molar-refractivity contribution is 0.626. The van der Waals surface area contributed by atoms with Crippen molar-refractivity contribution in [3.05, 3.63) is 292 Å². The van der Waals surface area contributed by atoms with Gasteiger partial charge in [0.15, 0.2) is 5.58 Å². The summed E-state index contributed by atoms with van der Waals surface area (Å²) in [7, 11) is 0. The molecular formula is C65H45NO. The lowest BCUT2D eigenvalue weighted by atomic mass is 9.51. The van der Waals surface area contributed by atoms with Crippen LogP contribution in [0.1, 0.15) is 69.5 Å². The highest BCUT2D eigenvalue weighted by Gasteiger charge is 2.57. The van der Waals surface area contributed by atoms with Crippen LogP contribution in [0.4, 0.5) is 17.1 Å². The minimum atomic E-state index is -0.696. The van der Waals surface area contributed by atoms with Gasteiger partial charge in [0.2, 0.25) is 0 Å². The quantitative estimate of drug-likeness (QED) is 0.166. The molecule has 0 aliphatic heterocycles. The summed E-state index contributed by atoms with van der Waals surface area (Å²) in [6.07, 6.45) is 0. The van der Waals surface area contributed by atoms with Crippen LogP contribution in [-0.2, 0) is 16.2 Å². The van der Waals surface area contributed by atoms with Gasteiger partial charge in [0, 0.05) is 27.6 Å². The number of anilines is 3. The number of fused-ring (bicyclic) bond motifs is 11. The molecule has 1 aromatic heterocycles. The Balaban J connectivity index is 1.08. The van der Waals surface area contributed by atoms with Crippen LogP contribution in [0.5, 0.6) is 0 Å². The molecule has 0 amide bonds. The molecule has 316 valence electrons. The van der Waals surface area contributed by atoms with E-state index in [1.54, 1.807) is 0 Å². The lowest BCUT2D eigenvalue weighted by Crippen LogP contribution is -2.44. The summed E-state index contributed by atoms with van der Waals surface area (Å²) in [4.78, 5) is 2.44. The average Bonchev–Trinajstić information content (AvgIpc) is 4.00. The maximum Gasteiger partial charge on any atom is 0.159 e. The molecule has 0 spiro atoms. The molecule has 2 unspecified atom stereocenters. The van der Waals surface area contributed by atoms with Gasteiger partial charge in [-0.25, -0.2) is 0 Å². The van der Waals surface area contributed by atoms with Crippen molar-refractivity contribution in [1.82, 2.24) is 0 Å².